The lowest BCUT2D eigenvalue weighted by Gasteiger charge is -2.08. The maximum atomic E-state index is 11.1. The van der Waals surface area contributed by atoms with Gasteiger partial charge >= 0.3 is 0 Å². The number of unbranched alkanes of at least 4 members (excludes halogenated alkanes) is 2. The van der Waals surface area contributed by atoms with Gasteiger partial charge in [0.2, 0.25) is 5.91 Å². The molecule has 0 radical (unpaired) electrons. The van der Waals surface area contributed by atoms with Gasteiger partial charge in [0.05, 0.1) is 6.04 Å². The van der Waals surface area contributed by atoms with Crippen molar-refractivity contribution in [3.05, 3.63) is 0 Å². The third-order valence-corrected chi connectivity index (χ3v) is 1.82. The Bertz CT molecular complexity index is 160. The van der Waals surface area contributed by atoms with Crippen LogP contribution in [-0.4, -0.2) is 24.8 Å². The summed E-state index contributed by atoms with van der Waals surface area (Å²) in [6.45, 7) is 2.48. The average Bonchev–Trinajstić information content (AvgIpc) is 2.16. The summed E-state index contributed by atoms with van der Waals surface area (Å²) in [5, 5.41) is 2.71. The fourth-order valence-corrected chi connectivity index (χ4v) is 0.881. The van der Waals surface area contributed by atoms with Crippen molar-refractivity contribution in [2.24, 2.45) is 5.73 Å². The van der Waals surface area contributed by atoms with Crippen LogP contribution in [0.2, 0.25) is 0 Å². The second-order valence-corrected chi connectivity index (χ2v) is 2.97. The lowest BCUT2D eigenvalue weighted by molar-refractivity contribution is -0.122. The summed E-state index contributed by atoms with van der Waals surface area (Å²) < 4.78 is 0. The zero-order valence-electron chi connectivity index (χ0n) is 8.08. The molecule has 0 aromatic rings. The Morgan fingerprint density at radius 1 is 1.54 bits per heavy atom. The maximum Gasteiger partial charge on any atom is 0.236 e. The molecule has 1 atom stereocenters. The van der Waals surface area contributed by atoms with E-state index < -0.39 is 6.04 Å². The number of hydrogen-bond donors (Lipinski definition) is 2. The Morgan fingerprint density at radius 3 is 2.77 bits per heavy atom. The standard InChI is InChI=1S/C9H18N2O2/c1-2-8(10)9(13)11-6-4-3-5-7-12/h7-8H,2-6,10H2,1H3,(H,11,13). The Balaban J connectivity index is 3.31. The van der Waals surface area contributed by atoms with Crippen LogP contribution in [-0.2, 0) is 9.59 Å². The van der Waals surface area contributed by atoms with Gasteiger partial charge in [-0.2, -0.15) is 0 Å². The van der Waals surface area contributed by atoms with Crippen LogP contribution < -0.4 is 11.1 Å². The average molecular weight is 186 g/mol. The van der Waals surface area contributed by atoms with E-state index in [-0.39, 0.29) is 5.91 Å². The van der Waals surface area contributed by atoms with Gasteiger partial charge in [-0.25, -0.2) is 0 Å². The molecule has 0 saturated carbocycles. The van der Waals surface area contributed by atoms with Gasteiger partial charge in [-0.1, -0.05) is 6.92 Å². The molecule has 13 heavy (non-hydrogen) atoms. The van der Waals surface area contributed by atoms with Crippen molar-refractivity contribution < 1.29 is 9.59 Å². The first-order valence-electron chi connectivity index (χ1n) is 4.69. The molecular weight excluding hydrogens is 168 g/mol. The topological polar surface area (TPSA) is 72.2 Å². The number of nitrogens with two attached hydrogens (primary N) is 1. The van der Waals surface area contributed by atoms with Gasteiger partial charge in [-0.3, -0.25) is 4.79 Å². The van der Waals surface area contributed by atoms with Crippen LogP contribution in [0, 0.1) is 0 Å². The minimum atomic E-state index is -0.397. The summed E-state index contributed by atoms with van der Waals surface area (Å²) in [6.07, 6.45) is 3.77. The van der Waals surface area contributed by atoms with E-state index in [1.54, 1.807) is 0 Å². The molecule has 0 rings (SSSR count). The molecule has 0 aromatic carbocycles. The van der Waals surface area contributed by atoms with Gasteiger partial charge in [-0.15, -0.1) is 0 Å². The van der Waals surface area contributed by atoms with E-state index in [2.05, 4.69) is 5.32 Å². The normalized spacial score (nSPS) is 12.2. The van der Waals surface area contributed by atoms with Crippen molar-refractivity contribution >= 4 is 12.2 Å². The quantitative estimate of drug-likeness (QED) is 0.441. The maximum absolute atomic E-state index is 11.1. The molecule has 3 N–H and O–H groups in total. The molecule has 0 aliphatic rings. The molecule has 0 aromatic heterocycles. The Labute approximate surface area is 78.9 Å². The first-order valence-corrected chi connectivity index (χ1v) is 4.69. The van der Waals surface area contributed by atoms with Crippen LogP contribution in [0.3, 0.4) is 0 Å². The molecule has 76 valence electrons. The second kappa shape index (κ2) is 7.73. The second-order valence-electron chi connectivity index (χ2n) is 2.97. The number of carbonyl (C=O) groups is 2. The lowest BCUT2D eigenvalue weighted by atomic mass is 10.2. The molecule has 1 amide bonds. The Hall–Kier alpha value is -0.900. The molecular formula is C9H18N2O2. The number of aldehydes is 1. The monoisotopic (exact) mass is 186 g/mol. The third-order valence-electron chi connectivity index (χ3n) is 1.82. The fraction of sp³-hybridized carbons (Fsp3) is 0.778. The summed E-state index contributed by atoms with van der Waals surface area (Å²) >= 11 is 0. The summed E-state index contributed by atoms with van der Waals surface area (Å²) in [5.74, 6) is -0.103. The lowest BCUT2D eigenvalue weighted by Crippen LogP contribution is -2.40. The van der Waals surface area contributed by atoms with E-state index in [0.29, 0.717) is 19.4 Å². The Morgan fingerprint density at radius 2 is 2.23 bits per heavy atom. The van der Waals surface area contributed by atoms with E-state index in [0.717, 1.165) is 19.1 Å². The molecule has 4 nitrogen and oxygen atoms in total. The SMILES string of the molecule is CCC(N)C(=O)NCCCCC=O. The van der Waals surface area contributed by atoms with Gasteiger partial charge < -0.3 is 15.8 Å². The number of amides is 1. The molecule has 0 bridgehead atoms. The molecule has 0 aliphatic carbocycles. The van der Waals surface area contributed by atoms with Gasteiger partial charge in [-0.05, 0) is 19.3 Å². The van der Waals surface area contributed by atoms with Gasteiger partial charge in [0.15, 0.2) is 0 Å². The van der Waals surface area contributed by atoms with Gasteiger partial charge in [0.1, 0.15) is 6.29 Å². The molecule has 0 aliphatic heterocycles. The minimum absolute atomic E-state index is 0.103. The highest BCUT2D eigenvalue weighted by atomic mass is 16.2. The molecule has 0 saturated heterocycles. The molecule has 1 unspecified atom stereocenters. The first-order chi connectivity index (χ1) is 6.22. The summed E-state index contributed by atoms with van der Waals surface area (Å²) in [6, 6.07) is -0.397. The molecule has 0 heterocycles. The summed E-state index contributed by atoms with van der Waals surface area (Å²) in [4.78, 5) is 21.1. The smallest absolute Gasteiger partial charge is 0.236 e. The zero-order valence-corrected chi connectivity index (χ0v) is 8.08. The highest BCUT2D eigenvalue weighted by Crippen LogP contribution is 1.91. The van der Waals surface area contributed by atoms with E-state index in [4.69, 9.17) is 5.73 Å². The van der Waals surface area contributed by atoms with Crippen LogP contribution in [0.15, 0.2) is 0 Å². The van der Waals surface area contributed by atoms with Crippen LogP contribution in [0.4, 0.5) is 0 Å². The molecule has 4 heteroatoms. The predicted octanol–water partition coefficient (Wildman–Crippen LogP) is 0.209. The van der Waals surface area contributed by atoms with E-state index in [9.17, 15) is 9.59 Å². The fourth-order valence-electron chi connectivity index (χ4n) is 0.881. The third kappa shape index (κ3) is 6.28. The van der Waals surface area contributed by atoms with Gasteiger partial charge in [0.25, 0.3) is 0 Å². The highest BCUT2D eigenvalue weighted by Gasteiger charge is 2.08. The number of nitrogens with one attached hydrogen (secondary N) is 1. The highest BCUT2D eigenvalue weighted by molar-refractivity contribution is 5.81. The van der Waals surface area contributed by atoms with Gasteiger partial charge in [0, 0.05) is 13.0 Å². The van der Waals surface area contributed by atoms with Crippen LogP contribution >= 0.6 is 0 Å². The predicted molar refractivity (Wildman–Crippen MR) is 51.2 cm³/mol. The van der Waals surface area contributed by atoms with Crippen LogP contribution in [0.25, 0.3) is 0 Å². The van der Waals surface area contributed by atoms with Crippen LogP contribution in [0.1, 0.15) is 32.6 Å². The number of carbonyl (C=O) groups excluding carboxylic acids is 2. The minimum Gasteiger partial charge on any atom is -0.355 e. The van der Waals surface area contributed by atoms with Crippen molar-refractivity contribution in [2.45, 2.75) is 38.6 Å². The van der Waals surface area contributed by atoms with Crippen molar-refractivity contribution in [2.75, 3.05) is 6.54 Å². The largest absolute Gasteiger partial charge is 0.355 e. The number of rotatable bonds is 7. The van der Waals surface area contributed by atoms with E-state index in [1.807, 2.05) is 6.92 Å². The van der Waals surface area contributed by atoms with E-state index >= 15 is 0 Å². The van der Waals surface area contributed by atoms with Crippen LogP contribution in [0.5, 0.6) is 0 Å². The zero-order chi connectivity index (χ0) is 10.1. The molecule has 0 spiro atoms. The summed E-state index contributed by atoms with van der Waals surface area (Å²) in [7, 11) is 0. The van der Waals surface area contributed by atoms with Crippen molar-refractivity contribution in [3.8, 4) is 0 Å². The number of hydrogen-bond acceptors (Lipinski definition) is 3. The van der Waals surface area contributed by atoms with E-state index in [1.165, 1.54) is 0 Å². The van der Waals surface area contributed by atoms with Crippen molar-refractivity contribution in [1.82, 2.24) is 5.32 Å². The Kier molecular flexibility index (Phi) is 7.20. The van der Waals surface area contributed by atoms with Crippen molar-refractivity contribution in [3.63, 3.8) is 0 Å². The first kappa shape index (κ1) is 12.1. The summed E-state index contributed by atoms with van der Waals surface area (Å²) in [5.41, 5.74) is 5.49. The molecule has 0 fully saturated rings. The van der Waals surface area contributed by atoms with Crippen molar-refractivity contribution in [1.29, 1.82) is 0 Å².